The van der Waals surface area contributed by atoms with Gasteiger partial charge in [0.25, 0.3) is 5.56 Å². The van der Waals surface area contributed by atoms with E-state index in [1.807, 2.05) is 26.8 Å². The van der Waals surface area contributed by atoms with Gasteiger partial charge >= 0.3 is 0 Å². The number of rotatable bonds is 3. The number of halogens is 1. The minimum absolute atomic E-state index is 0. The molecule has 18 heavy (non-hydrogen) atoms. The Balaban J connectivity index is 0.00000289. The van der Waals surface area contributed by atoms with Crippen molar-refractivity contribution in [1.82, 2.24) is 9.88 Å². The van der Waals surface area contributed by atoms with E-state index in [0.29, 0.717) is 18.1 Å². The molecule has 0 unspecified atom stereocenters. The molecule has 0 atom stereocenters. The van der Waals surface area contributed by atoms with Crippen LogP contribution in [0.2, 0.25) is 0 Å². The lowest BCUT2D eigenvalue weighted by Gasteiger charge is -2.09. The zero-order valence-electron chi connectivity index (χ0n) is 11.2. The molecule has 0 bridgehead atoms. The molecule has 102 valence electrons. The Morgan fingerprint density at radius 2 is 2.11 bits per heavy atom. The van der Waals surface area contributed by atoms with E-state index in [-0.39, 0.29) is 35.6 Å². The molecular formula is C12H21IN4O. The van der Waals surface area contributed by atoms with Gasteiger partial charge in [0.1, 0.15) is 0 Å². The summed E-state index contributed by atoms with van der Waals surface area (Å²) in [4.78, 5) is 16.0. The summed E-state index contributed by atoms with van der Waals surface area (Å²) in [6, 6.07) is 3.93. The molecule has 0 aliphatic carbocycles. The number of hydrogen-bond acceptors (Lipinski definition) is 2. The maximum atomic E-state index is 11.9. The van der Waals surface area contributed by atoms with Gasteiger partial charge in [0, 0.05) is 24.3 Å². The molecule has 1 rings (SSSR count). The summed E-state index contributed by atoms with van der Waals surface area (Å²) >= 11 is 0. The molecule has 0 fully saturated rings. The highest BCUT2D eigenvalue weighted by atomic mass is 127. The van der Waals surface area contributed by atoms with E-state index in [1.54, 1.807) is 17.7 Å². The van der Waals surface area contributed by atoms with E-state index in [9.17, 15) is 4.79 Å². The molecule has 3 N–H and O–H groups in total. The number of guanidine groups is 1. The Kier molecular flexibility index (Phi) is 6.97. The van der Waals surface area contributed by atoms with Crippen LogP contribution >= 0.6 is 24.0 Å². The van der Waals surface area contributed by atoms with Crippen molar-refractivity contribution in [3.63, 3.8) is 0 Å². The van der Waals surface area contributed by atoms with Gasteiger partial charge in [-0.3, -0.25) is 4.79 Å². The van der Waals surface area contributed by atoms with Crippen molar-refractivity contribution in [1.29, 1.82) is 0 Å². The number of nitrogens with two attached hydrogens (primary N) is 1. The van der Waals surface area contributed by atoms with E-state index in [4.69, 9.17) is 5.73 Å². The average Bonchev–Trinajstić information content (AvgIpc) is 2.24. The van der Waals surface area contributed by atoms with E-state index < -0.39 is 0 Å². The van der Waals surface area contributed by atoms with Crippen molar-refractivity contribution < 1.29 is 0 Å². The minimum Gasteiger partial charge on any atom is -0.370 e. The predicted molar refractivity (Wildman–Crippen MR) is 85.4 cm³/mol. The van der Waals surface area contributed by atoms with Crippen LogP contribution in [0, 0.1) is 6.92 Å². The van der Waals surface area contributed by atoms with Gasteiger partial charge < -0.3 is 15.6 Å². The smallest absolute Gasteiger partial charge is 0.255 e. The van der Waals surface area contributed by atoms with E-state index in [2.05, 4.69) is 10.3 Å². The SMILES string of the molecule is Cc1ccc(CN=C(N)NC(C)C)c(=O)n1C.I. The van der Waals surface area contributed by atoms with Crippen LogP contribution in [0.1, 0.15) is 25.1 Å². The third-order valence-corrected chi connectivity index (χ3v) is 2.49. The molecule has 0 saturated heterocycles. The molecule has 1 aromatic heterocycles. The normalized spacial score (nSPS) is 11.3. The summed E-state index contributed by atoms with van der Waals surface area (Å²) in [5.41, 5.74) is 7.22. The van der Waals surface area contributed by atoms with Gasteiger partial charge in [-0.25, -0.2) is 4.99 Å². The Bertz CT molecular complexity index is 479. The zero-order chi connectivity index (χ0) is 13.0. The lowest BCUT2D eigenvalue weighted by molar-refractivity contribution is 0.722. The van der Waals surface area contributed by atoms with Crippen molar-refractivity contribution in [2.24, 2.45) is 17.8 Å². The lowest BCUT2D eigenvalue weighted by Crippen LogP contribution is -2.36. The Morgan fingerprint density at radius 1 is 1.50 bits per heavy atom. The Hall–Kier alpha value is -1.05. The van der Waals surface area contributed by atoms with Gasteiger partial charge in [0.2, 0.25) is 0 Å². The highest BCUT2D eigenvalue weighted by Gasteiger charge is 2.03. The van der Waals surface area contributed by atoms with Crippen LogP contribution in [0.15, 0.2) is 21.9 Å². The minimum atomic E-state index is -0.0221. The van der Waals surface area contributed by atoms with Crippen LogP contribution in [0.3, 0.4) is 0 Å². The second-order valence-electron chi connectivity index (χ2n) is 4.36. The van der Waals surface area contributed by atoms with Gasteiger partial charge in [-0.2, -0.15) is 0 Å². The van der Waals surface area contributed by atoms with E-state index >= 15 is 0 Å². The summed E-state index contributed by atoms with van der Waals surface area (Å²) in [6.45, 7) is 6.15. The summed E-state index contributed by atoms with van der Waals surface area (Å²) in [5.74, 6) is 0.364. The fraction of sp³-hybridized carbons (Fsp3) is 0.500. The lowest BCUT2D eigenvalue weighted by atomic mass is 10.2. The van der Waals surface area contributed by atoms with Crippen molar-refractivity contribution in [2.75, 3.05) is 0 Å². The van der Waals surface area contributed by atoms with Crippen LogP contribution < -0.4 is 16.6 Å². The number of aromatic nitrogens is 1. The van der Waals surface area contributed by atoms with Crippen molar-refractivity contribution in [3.05, 3.63) is 33.7 Å². The fourth-order valence-electron chi connectivity index (χ4n) is 1.41. The summed E-state index contributed by atoms with van der Waals surface area (Å²) in [6.07, 6.45) is 0. The standard InChI is InChI=1S/C12H20N4O.HI/c1-8(2)15-12(13)14-7-10-6-5-9(3)16(4)11(10)17;/h5-6,8H,7H2,1-4H3,(H3,13,14,15);1H. The average molecular weight is 364 g/mol. The molecule has 1 heterocycles. The number of aryl methyl sites for hydroxylation is 1. The van der Waals surface area contributed by atoms with Gasteiger partial charge in [0.05, 0.1) is 6.54 Å². The first kappa shape index (κ1) is 16.9. The number of aliphatic imine (C=N–C) groups is 1. The molecule has 0 aliphatic rings. The predicted octanol–water partition coefficient (Wildman–Crippen LogP) is 1.12. The van der Waals surface area contributed by atoms with Crippen LogP contribution in [-0.2, 0) is 13.6 Å². The van der Waals surface area contributed by atoms with Crippen LogP contribution in [0.4, 0.5) is 0 Å². The fourth-order valence-corrected chi connectivity index (χ4v) is 1.41. The first-order chi connectivity index (χ1) is 7.91. The topological polar surface area (TPSA) is 72.4 Å². The van der Waals surface area contributed by atoms with Gasteiger partial charge in [-0.05, 0) is 32.9 Å². The highest BCUT2D eigenvalue weighted by Crippen LogP contribution is 1.98. The Labute approximate surface area is 125 Å². The Morgan fingerprint density at radius 3 is 2.67 bits per heavy atom. The number of nitrogens with zero attached hydrogens (tertiary/aromatic N) is 2. The molecule has 0 radical (unpaired) electrons. The van der Waals surface area contributed by atoms with Crippen LogP contribution in [-0.4, -0.2) is 16.6 Å². The number of hydrogen-bond donors (Lipinski definition) is 2. The van der Waals surface area contributed by atoms with Gasteiger partial charge in [0.15, 0.2) is 5.96 Å². The van der Waals surface area contributed by atoms with Gasteiger partial charge in [-0.15, -0.1) is 24.0 Å². The maximum Gasteiger partial charge on any atom is 0.255 e. The van der Waals surface area contributed by atoms with Crippen molar-refractivity contribution in [3.8, 4) is 0 Å². The molecular weight excluding hydrogens is 343 g/mol. The molecule has 0 amide bonds. The van der Waals surface area contributed by atoms with E-state index in [1.165, 1.54) is 0 Å². The zero-order valence-corrected chi connectivity index (χ0v) is 13.6. The molecule has 0 spiro atoms. The first-order valence-electron chi connectivity index (χ1n) is 5.63. The molecule has 1 aromatic rings. The quantitative estimate of drug-likeness (QED) is 0.480. The molecule has 0 aromatic carbocycles. The summed E-state index contributed by atoms with van der Waals surface area (Å²) < 4.78 is 1.61. The number of nitrogens with one attached hydrogen (secondary N) is 1. The molecule has 0 saturated carbocycles. The van der Waals surface area contributed by atoms with Crippen molar-refractivity contribution in [2.45, 2.75) is 33.4 Å². The van der Waals surface area contributed by atoms with Crippen LogP contribution in [0.25, 0.3) is 0 Å². The highest BCUT2D eigenvalue weighted by molar-refractivity contribution is 14.0. The maximum absolute atomic E-state index is 11.9. The second kappa shape index (κ2) is 7.40. The summed E-state index contributed by atoms with van der Waals surface area (Å²) in [7, 11) is 1.75. The number of pyridine rings is 1. The molecule has 5 nitrogen and oxygen atoms in total. The van der Waals surface area contributed by atoms with Gasteiger partial charge in [-0.1, -0.05) is 0 Å². The summed E-state index contributed by atoms with van der Waals surface area (Å²) in [5, 5.41) is 2.98. The molecule has 6 heteroatoms. The second-order valence-corrected chi connectivity index (χ2v) is 4.36. The molecule has 0 aliphatic heterocycles. The van der Waals surface area contributed by atoms with E-state index in [0.717, 1.165) is 5.69 Å². The van der Waals surface area contributed by atoms with Crippen molar-refractivity contribution >= 4 is 29.9 Å². The third kappa shape index (κ3) is 4.67. The first-order valence-corrected chi connectivity index (χ1v) is 5.63. The third-order valence-electron chi connectivity index (χ3n) is 2.49. The monoisotopic (exact) mass is 364 g/mol. The van der Waals surface area contributed by atoms with Crippen LogP contribution in [0.5, 0.6) is 0 Å². The largest absolute Gasteiger partial charge is 0.370 e.